The van der Waals surface area contributed by atoms with Crippen molar-refractivity contribution >= 4 is 5.97 Å². The van der Waals surface area contributed by atoms with E-state index in [-0.39, 0.29) is 11.4 Å². The van der Waals surface area contributed by atoms with E-state index in [0.717, 1.165) is 37.8 Å². The van der Waals surface area contributed by atoms with Crippen molar-refractivity contribution in [3.63, 3.8) is 0 Å². The maximum atomic E-state index is 11.2. The van der Waals surface area contributed by atoms with Crippen molar-refractivity contribution in [1.29, 1.82) is 0 Å². The van der Waals surface area contributed by atoms with Gasteiger partial charge in [-0.25, -0.2) is 9.78 Å². The van der Waals surface area contributed by atoms with Gasteiger partial charge >= 0.3 is 5.97 Å². The summed E-state index contributed by atoms with van der Waals surface area (Å²) in [5.74, 6) is -0.717. The van der Waals surface area contributed by atoms with Crippen LogP contribution in [0.4, 0.5) is 0 Å². The van der Waals surface area contributed by atoms with Crippen LogP contribution < -0.4 is 4.74 Å². The Morgan fingerprint density at radius 1 is 1.17 bits per heavy atom. The van der Waals surface area contributed by atoms with Crippen LogP contribution in [0.5, 0.6) is 5.88 Å². The lowest BCUT2D eigenvalue weighted by atomic mass is 10.1. The predicted octanol–water partition coefficient (Wildman–Crippen LogP) is 4.22. The summed E-state index contributed by atoms with van der Waals surface area (Å²) >= 11 is 0. The van der Waals surface area contributed by atoms with E-state index in [9.17, 15) is 4.79 Å². The summed E-state index contributed by atoms with van der Waals surface area (Å²) in [6, 6.07) is 3.38. The van der Waals surface area contributed by atoms with Gasteiger partial charge in [-0.3, -0.25) is 0 Å². The fraction of sp³-hybridized carbons (Fsp3) is 0.625. The molecule has 2 N–H and O–H groups in total. The van der Waals surface area contributed by atoms with Gasteiger partial charge in [0.1, 0.15) is 5.56 Å². The van der Waals surface area contributed by atoms with Crippen LogP contribution in [0, 0.1) is 4.91 Å². The van der Waals surface area contributed by atoms with Crippen LogP contribution in [0.2, 0.25) is 0 Å². The number of pyridine rings is 1. The first kappa shape index (κ1) is 20.8. The predicted molar refractivity (Wildman–Crippen MR) is 87.0 cm³/mol. The van der Waals surface area contributed by atoms with Gasteiger partial charge in [0.2, 0.25) is 5.88 Å². The van der Waals surface area contributed by atoms with Crippen LogP contribution in [-0.2, 0) is 6.42 Å². The van der Waals surface area contributed by atoms with E-state index in [2.05, 4.69) is 18.8 Å². The van der Waals surface area contributed by atoms with Crippen molar-refractivity contribution in [3.8, 4) is 5.88 Å². The molecule has 0 aliphatic heterocycles. The molecule has 0 saturated carbocycles. The third kappa shape index (κ3) is 9.44. The first-order valence-corrected chi connectivity index (χ1v) is 7.93. The molecule has 0 atom stereocenters. The molecule has 0 aromatic carbocycles. The van der Waals surface area contributed by atoms with E-state index in [1.54, 1.807) is 12.1 Å². The molecular weight excluding hydrogens is 300 g/mol. The molecule has 0 amide bonds. The van der Waals surface area contributed by atoms with Crippen LogP contribution in [0.3, 0.4) is 0 Å². The van der Waals surface area contributed by atoms with E-state index < -0.39 is 5.97 Å². The van der Waals surface area contributed by atoms with E-state index >= 15 is 0 Å². The summed E-state index contributed by atoms with van der Waals surface area (Å²) in [4.78, 5) is 23.6. The first-order chi connectivity index (χ1) is 11.1. The average molecular weight is 326 g/mol. The highest BCUT2D eigenvalue weighted by Crippen LogP contribution is 2.18. The summed E-state index contributed by atoms with van der Waals surface area (Å²) < 4.78 is 5.57. The molecule has 0 fully saturated rings. The van der Waals surface area contributed by atoms with Gasteiger partial charge in [-0.2, -0.15) is 0 Å². The Balaban J connectivity index is 0.00000149. The second-order valence-electron chi connectivity index (χ2n) is 5.05. The lowest BCUT2D eigenvalue weighted by Crippen LogP contribution is -2.08. The smallest absolute Gasteiger partial charge is 0.341 e. The zero-order valence-electron chi connectivity index (χ0n) is 13.8. The Bertz CT molecular complexity index is 466. The number of nitrogens with zero attached hydrogens (tertiary/aromatic N) is 2. The first-order valence-electron chi connectivity index (χ1n) is 7.93. The summed E-state index contributed by atoms with van der Waals surface area (Å²) in [5.41, 5.74) is 1.06. The highest BCUT2D eigenvalue weighted by molar-refractivity contribution is 5.90. The highest BCUT2D eigenvalue weighted by Gasteiger charge is 2.13. The molecule has 1 rings (SSSR count). The molecule has 0 aliphatic carbocycles. The van der Waals surface area contributed by atoms with Crippen molar-refractivity contribution in [2.45, 2.75) is 58.8 Å². The van der Waals surface area contributed by atoms with E-state index in [4.69, 9.17) is 20.0 Å². The molecule has 0 unspecified atom stereocenters. The Kier molecular flexibility index (Phi) is 12.2. The molecule has 7 heteroatoms. The van der Waals surface area contributed by atoms with Crippen molar-refractivity contribution in [2.75, 3.05) is 6.61 Å². The lowest BCUT2D eigenvalue weighted by Gasteiger charge is -2.10. The summed E-state index contributed by atoms with van der Waals surface area (Å²) in [6.07, 6.45) is 7.40. The Labute approximate surface area is 136 Å². The van der Waals surface area contributed by atoms with Gasteiger partial charge in [-0.15, -0.1) is 4.91 Å². The largest absolute Gasteiger partial charge is 0.477 e. The van der Waals surface area contributed by atoms with E-state index in [0.29, 0.717) is 6.61 Å². The third-order valence-electron chi connectivity index (χ3n) is 3.17. The molecule has 23 heavy (non-hydrogen) atoms. The summed E-state index contributed by atoms with van der Waals surface area (Å²) in [6.45, 7) is 4.81. The normalized spacial score (nSPS) is 9.65. The highest BCUT2D eigenvalue weighted by atomic mass is 16.6. The second-order valence-corrected chi connectivity index (χ2v) is 5.05. The number of ether oxygens (including phenoxy) is 1. The van der Waals surface area contributed by atoms with Gasteiger partial charge in [0.05, 0.1) is 6.61 Å². The number of rotatable bonds is 10. The minimum atomic E-state index is -0.983. The SMILES string of the molecule is CCCCCCOc1nc(CCCC)ccc1C(=O)O.O=NO. The van der Waals surface area contributed by atoms with Gasteiger partial charge in [0, 0.05) is 5.69 Å². The molecule has 1 aromatic rings. The number of aromatic nitrogens is 1. The fourth-order valence-electron chi connectivity index (χ4n) is 1.95. The van der Waals surface area contributed by atoms with Crippen LogP contribution in [-0.4, -0.2) is 27.9 Å². The van der Waals surface area contributed by atoms with Crippen molar-refractivity contribution in [3.05, 3.63) is 28.3 Å². The van der Waals surface area contributed by atoms with Crippen LogP contribution in [0.1, 0.15) is 68.4 Å². The van der Waals surface area contributed by atoms with Crippen molar-refractivity contribution < 1.29 is 19.8 Å². The van der Waals surface area contributed by atoms with Gasteiger partial charge in [-0.05, 0) is 31.4 Å². The average Bonchev–Trinajstić information content (AvgIpc) is 2.53. The fourth-order valence-corrected chi connectivity index (χ4v) is 1.95. The Hall–Kier alpha value is -2.18. The Morgan fingerprint density at radius 2 is 1.83 bits per heavy atom. The number of aryl methyl sites for hydroxylation is 1. The molecule has 0 aliphatic rings. The van der Waals surface area contributed by atoms with Gasteiger partial charge in [-0.1, -0.05) is 39.5 Å². The topological polar surface area (TPSA) is 109 Å². The molecule has 7 nitrogen and oxygen atoms in total. The number of hydrogen-bond donors (Lipinski definition) is 2. The van der Waals surface area contributed by atoms with Gasteiger partial charge in [0.25, 0.3) is 0 Å². The molecule has 0 saturated heterocycles. The molecule has 130 valence electrons. The second kappa shape index (κ2) is 13.5. The number of aromatic carboxylic acids is 1. The van der Waals surface area contributed by atoms with Crippen LogP contribution >= 0.6 is 0 Å². The molecule has 0 spiro atoms. The number of carbonyl (C=O) groups is 1. The van der Waals surface area contributed by atoms with Gasteiger partial charge < -0.3 is 15.1 Å². The molecule has 1 aromatic heterocycles. The number of hydrogen-bond acceptors (Lipinski definition) is 5. The maximum absolute atomic E-state index is 11.2. The summed E-state index contributed by atoms with van der Waals surface area (Å²) in [5, 5.41) is 17.0. The lowest BCUT2D eigenvalue weighted by molar-refractivity contribution is 0.0691. The minimum absolute atomic E-state index is 0.153. The minimum Gasteiger partial charge on any atom is -0.477 e. The maximum Gasteiger partial charge on any atom is 0.341 e. The number of unbranched alkanes of at least 4 members (excludes halogenated alkanes) is 4. The zero-order chi connectivity index (χ0) is 17.5. The quantitative estimate of drug-likeness (QED) is 0.378. The molecular formula is C16H26N2O5. The van der Waals surface area contributed by atoms with Crippen molar-refractivity contribution in [2.24, 2.45) is 5.34 Å². The third-order valence-corrected chi connectivity index (χ3v) is 3.17. The Morgan fingerprint density at radius 3 is 2.39 bits per heavy atom. The van der Waals surface area contributed by atoms with Gasteiger partial charge in [0.15, 0.2) is 5.34 Å². The van der Waals surface area contributed by atoms with E-state index in [1.807, 2.05) is 0 Å². The van der Waals surface area contributed by atoms with Crippen LogP contribution in [0.15, 0.2) is 17.5 Å². The standard InChI is InChI=1S/C16H25NO3.HNO2/c1-3-5-7-8-12-20-15-14(16(18)19)11-10-13(17-15)9-6-4-2;2-1-3/h10-11H,3-9,12H2,1-2H3,(H,18,19);(H,2,3). The zero-order valence-corrected chi connectivity index (χ0v) is 13.8. The molecule has 1 heterocycles. The molecule has 0 bridgehead atoms. The van der Waals surface area contributed by atoms with Crippen LogP contribution in [0.25, 0.3) is 0 Å². The molecule has 0 radical (unpaired) electrons. The number of carboxylic acid groups (broad SMARTS) is 1. The monoisotopic (exact) mass is 326 g/mol. The van der Waals surface area contributed by atoms with Crippen molar-refractivity contribution in [1.82, 2.24) is 4.98 Å². The van der Waals surface area contributed by atoms with E-state index in [1.165, 1.54) is 18.2 Å². The number of carboxylic acids is 1. The summed E-state index contributed by atoms with van der Waals surface area (Å²) in [7, 11) is 0.